The molecule has 1 aliphatic heterocycles. The molecule has 0 bridgehead atoms. The fraction of sp³-hybridized carbons (Fsp3) is 0.333. The molecular weight excluding hydrogens is 300 g/mol. The molecule has 0 aromatic heterocycles. The molecule has 1 saturated heterocycles. The minimum absolute atomic E-state index is 0. The normalized spacial score (nSPS) is 15.8. The van der Waals surface area contributed by atoms with Crippen LogP contribution in [0.2, 0.25) is 0 Å². The molecule has 0 aliphatic carbocycles. The van der Waals surface area contributed by atoms with E-state index in [1.165, 1.54) is 3.57 Å². The Balaban J connectivity index is 0.000000845. The lowest BCUT2D eigenvalue weighted by molar-refractivity contribution is 0.142. The maximum atomic E-state index is 5.64. The van der Waals surface area contributed by atoms with Crippen molar-refractivity contribution >= 4 is 35.0 Å². The molecule has 1 N–H and O–H groups in total. The summed E-state index contributed by atoms with van der Waals surface area (Å²) in [6, 6.07) is 8.14. The lowest BCUT2D eigenvalue weighted by Gasteiger charge is -2.27. The Labute approximate surface area is 97.6 Å². The third kappa shape index (κ3) is 3.00. The molecule has 1 aromatic carbocycles. The highest BCUT2D eigenvalue weighted by Gasteiger charge is 2.17. The summed E-state index contributed by atoms with van der Waals surface area (Å²) in [6.45, 7) is 1.96. The zero-order chi connectivity index (χ0) is 8.39. The minimum Gasteiger partial charge on any atom is -0.488 e. The van der Waals surface area contributed by atoms with E-state index in [-0.39, 0.29) is 12.4 Å². The maximum Gasteiger partial charge on any atom is 0.123 e. The van der Waals surface area contributed by atoms with Gasteiger partial charge in [0, 0.05) is 16.7 Å². The molecule has 1 aromatic rings. The SMILES string of the molecule is Cl.Ic1ccc(OC2CNC2)cc1. The standard InChI is InChI=1S/C9H10INO.ClH/c10-7-1-3-8(4-2-7)12-9-5-11-6-9;/h1-4,9,11H,5-6H2;1H. The highest BCUT2D eigenvalue weighted by atomic mass is 127. The third-order valence-electron chi connectivity index (χ3n) is 1.86. The molecule has 1 fully saturated rings. The van der Waals surface area contributed by atoms with Crippen molar-refractivity contribution in [3.05, 3.63) is 27.8 Å². The van der Waals surface area contributed by atoms with Crippen molar-refractivity contribution in [3.8, 4) is 5.75 Å². The lowest BCUT2D eigenvalue weighted by atomic mass is 10.2. The number of hydrogen-bond acceptors (Lipinski definition) is 2. The van der Waals surface area contributed by atoms with Gasteiger partial charge in [-0.25, -0.2) is 0 Å². The Morgan fingerprint density at radius 1 is 1.23 bits per heavy atom. The van der Waals surface area contributed by atoms with Gasteiger partial charge in [-0.05, 0) is 46.9 Å². The van der Waals surface area contributed by atoms with E-state index in [1.54, 1.807) is 0 Å². The van der Waals surface area contributed by atoms with Gasteiger partial charge in [0.1, 0.15) is 11.9 Å². The molecule has 0 amide bonds. The number of hydrogen-bond donors (Lipinski definition) is 1. The van der Waals surface area contributed by atoms with Gasteiger partial charge in [0.15, 0.2) is 0 Å². The van der Waals surface area contributed by atoms with E-state index in [1.807, 2.05) is 12.1 Å². The van der Waals surface area contributed by atoms with Crippen molar-refractivity contribution in [2.75, 3.05) is 13.1 Å². The Morgan fingerprint density at radius 2 is 1.85 bits per heavy atom. The summed E-state index contributed by atoms with van der Waals surface area (Å²) in [5.41, 5.74) is 0. The van der Waals surface area contributed by atoms with E-state index < -0.39 is 0 Å². The average molecular weight is 312 g/mol. The Morgan fingerprint density at radius 3 is 2.31 bits per heavy atom. The summed E-state index contributed by atoms with van der Waals surface area (Å²) < 4.78 is 6.88. The van der Waals surface area contributed by atoms with E-state index in [4.69, 9.17) is 4.74 Å². The van der Waals surface area contributed by atoms with Gasteiger partial charge in [0.05, 0.1) is 0 Å². The van der Waals surface area contributed by atoms with Crippen LogP contribution in [-0.2, 0) is 0 Å². The van der Waals surface area contributed by atoms with Gasteiger partial charge >= 0.3 is 0 Å². The van der Waals surface area contributed by atoms with Crippen LogP contribution in [0.1, 0.15) is 0 Å². The first-order valence-corrected chi connectivity index (χ1v) is 5.05. The third-order valence-corrected chi connectivity index (χ3v) is 2.58. The van der Waals surface area contributed by atoms with Gasteiger partial charge in [-0.15, -0.1) is 12.4 Å². The van der Waals surface area contributed by atoms with E-state index in [2.05, 4.69) is 40.0 Å². The van der Waals surface area contributed by atoms with Crippen molar-refractivity contribution in [1.29, 1.82) is 0 Å². The zero-order valence-corrected chi connectivity index (χ0v) is 9.97. The van der Waals surface area contributed by atoms with Crippen LogP contribution in [0.15, 0.2) is 24.3 Å². The highest BCUT2D eigenvalue weighted by Crippen LogP contribution is 2.15. The Kier molecular flexibility index (Phi) is 4.28. The summed E-state index contributed by atoms with van der Waals surface area (Å²) in [4.78, 5) is 0. The fourth-order valence-corrected chi connectivity index (χ4v) is 1.41. The second kappa shape index (κ2) is 5.02. The van der Waals surface area contributed by atoms with Crippen LogP contribution in [0, 0.1) is 3.57 Å². The number of halogens is 2. The van der Waals surface area contributed by atoms with Gasteiger partial charge in [-0.2, -0.15) is 0 Å². The average Bonchev–Trinajstić information content (AvgIpc) is 2.00. The van der Waals surface area contributed by atoms with Crippen molar-refractivity contribution in [1.82, 2.24) is 5.32 Å². The van der Waals surface area contributed by atoms with Crippen LogP contribution in [0.25, 0.3) is 0 Å². The summed E-state index contributed by atoms with van der Waals surface area (Å²) in [5, 5.41) is 3.17. The van der Waals surface area contributed by atoms with Gasteiger partial charge in [0.2, 0.25) is 0 Å². The molecule has 0 atom stereocenters. The lowest BCUT2D eigenvalue weighted by Crippen LogP contribution is -2.50. The molecule has 72 valence electrons. The van der Waals surface area contributed by atoms with Crippen LogP contribution in [0.5, 0.6) is 5.75 Å². The molecule has 0 radical (unpaired) electrons. The first-order chi connectivity index (χ1) is 5.84. The second-order valence-electron chi connectivity index (χ2n) is 2.85. The second-order valence-corrected chi connectivity index (χ2v) is 4.10. The number of ether oxygens (including phenoxy) is 1. The predicted molar refractivity (Wildman–Crippen MR) is 63.7 cm³/mol. The van der Waals surface area contributed by atoms with Crippen LogP contribution >= 0.6 is 35.0 Å². The van der Waals surface area contributed by atoms with Gasteiger partial charge in [-0.3, -0.25) is 0 Å². The number of benzene rings is 1. The van der Waals surface area contributed by atoms with E-state index in [9.17, 15) is 0 Å². The van der Waals surface area contributed by atoms with Crippen LogP contribution in [-0.4, -0.2) is 19.2 Å². The topological polar surface area (TPSA) is 21.3 Å². The minimum atomic E-state index is 0. The van der Waals surface area contributed by atoms with Crippen LogP contribution in [0.3, 0.4) is 0 Å². The molecule has 2 nitrogen and oxygen atoms in total. The summed E-state index contributed by atoms with van der Waals surface area (Å²) in [5.74, 6) is 0.974. The molecule has 1 heterocycles. The quantitative estimate of drug-likeness (QED) is 0.844. The molecule has 0 saturated carbocycles. The molecule has 13 heavy (non-hydrogen) atoms. The van der Waals surface area contributed by atoms with Crippen molar-refractivity contribution in [2.45, 2.75) is 6.10 Å². The van der Waals surface area contributed by atoms with Crippen molar-refractivity contribution in [2.24, 2.45) is 0 Å². The van der Waals surface area contributed by atoms with Gasteiger partial charge in [0.25, 0.3) is 0 Å². The highest BCUT2D eigenvalue weighted by molar-refractivity contribution is 14.1. The monoisotopic (exact) mass is 311 g/mol. The van der Waals surface area contributed by atoms with E-state index in [0.29, 0.717) is 6.10 Å². The molecule has 1 aliphatic rings. The fourth-order valence-electron chi connectivity index (χ4n) is 1.05. The van der Waals surface area contributed by atoms with Crippen molar-refractivity contribution < 1.29 is 4.74 Å². The largest absolute Gasteiger partial charge is 0.488 e. The van der Waals surface area contributed by atoms with Crippen molar-refractivity contribution in [3.63, 3.8) is 0 Å². The molecule has 4 heteroatoms. The Hall–Kier alpha value is 0. The first-order valence-electron chi connectivity index (χ1n) is 3.97. The number of rotatable bonds is 2. The van der Waals surface area contributed by atoms with Crippen LogP contribution in [0.4, 0.5) is 0 Å². The van der Waals surface area contributed by atoms with E-state index in [0.717, 1.165) is 18.8 Å². The molecule has 2 rings (SSSR count). The van der Waals surface area contributed by atoms with Gasteiger partial charge < -0.3 is 10.1 Å². The Bertz CT molecular complexity index is 261. The number of nitrogens with one attached hydrogen (secondary N) is 1. The maximum absolute atomic E-state index is 5.64. The molecule has 0 spiro atoms. The summed E-state index contributed by atoms with van der Waals surface area (Å²) in [6.07, 6.45) is 0.380. The first kappa shape index (κ1) is 11.1. The van der Waals surface area contributed by atoms with E-state index >= 15 is 0 Å². The summed E-state index contributed by atoms with van der Waals surface area (Å²) >= 11 is 2.29. The smallest absolute Gasteiger partial charge is 0.123 e. The van der Waals surface area contributed by atoms with Crippen LogP contribution < -0.4 is 10.1 Å². The van der Waals surface area contributed by atoms with Gasteiger partial charge in [-0.1, -0.05) is 0 Å². The zero-order valence-electron chi connectivity index (χ0n) is 7.00. The predicted octanol–water partition coefficient (Wildman–Crippen LogP) is 2.06. The summed E-state index contributed by atoms with van der Waals surface area (Å²) in [7, 11) is 0. The molecular formula is C9H11ClINO. The molecule has 0 unspecified atom stereocenters.